The second-order valence-corrected chi connectivity index (χ2v) is 6.35. The van der Waals surface area contributed by atoms with Crippen LogP contribution in [0.4, 0.5) is 0 Å². The van der Waals surface area contributed by atoms with Crippen LogP contribution < -0.4 is 0 Å². The van der Waals surface area contributed by atoms with Crippen molar-refractivity contribution in [2.45, 2.75) is 26.4 Å². The molecule has 0 atom stereocenters. The first-order valence-corrected chi connectivity index (χ1v) is 7.15. The SMILES string of the molecule is CC(C)(C)OC(=O)c1cccc(-c2ccsc2C=O)c1. The van der Waals surface area contributed by atoms with Crippen molar-refractivity contribution >= 4 is 23.6 Å². The van der Waals surface area contributed by atoms with E-state index in [0.717, 1.165) is 17.4 Å². The number of carbonyl (C=O) groups excluding carboxylic acids is 2. The molecule has 1 aromatic carbocycles. The third-order valence-corrected chi connectivity index (χ3v) is 3.45. The minimum absolute atomic E-state index is 0.359. The first kappa shape index (κ1) is 14.5. The Labute approximate surface area is 122 Å². The normalized spacial score (nSPS) is 11.2. The fraction of sp³-hybridized carbons (Fsp3) is 0.250. The predicted molar refractivity (Wildman–Crippen MR) is 80.3 cm³/mol. The van der Waals surface area contributed by atoms with Gasteiger partial charge >= 0.3 is 5.97 Å². The summed E-state index contributed by atoms with van der Waals surface area (Å²) in [5.41, 5.74) is 1.65. The molecule has 0 unspecified atom stereocenters. The fourth-order valence-corrected chi connectivity index (χ4v) is 2.52. The van der Waals surface area contributed by atoms with Crippen LogP contribution in [0.5, 0.6) is 0 Å². The standard InChI is InChI=1S/C16H16O3S/c1-16(2,3)19-15(18)12-6-4-5-11(9-12)13-7-8-20-14(13)10-17/h4-10H,1-3H3. The zero-order valence-electron chi connectivity index (χ0n) is 11.7. The highest BCUT2D eigenvalue weighted by Crippen LogP contribution is 2.28. The molecule has 0 radical (unpaired) electrons. The van der Waals surface area contributed by atoms with Crippen molar-refractivity contribution in [2.24, 2.45) is 0 Å². The van der Waals surface area contributed by atoms with Crippen LogP contribution in [0.2, 0.25) is 0 Å². The highest BCUT2D eigenvalue weighted by molar-refractivity contribution is 7.12. The van der Waals surface area contributed by atoms with Crippen LogP contribution in [0.25, 0.3) is 11.1 Å². The molecule has 3 nitrogen and oxygen atoms in total. The van der Waals surface area contributed by atoms with E-state index in [0.29, 0.717) is 10.4 Å². The van der Waals surface area contributed by atoms with Crippen molar-refractivity contribution in [2.75, 3.05) is 0 Å². The van der Waals surface area contributed by atoms with Crippen molar-refractivity contribution < 1.29 is 14.3 Å². The lowest BCUT2D eigenvalue weighted by Gasteiger charge is -2.19. The number of benzene rings is 1. The van der Waals surface area contributed by atoms with Crippen molar-refractivity contribution in [1.29, 1.82) is 0 Å². The first-order chi connectivity index (χ1) is 9.40. The summed E-state index contributed by atoms with van der Waals surface area (Å²) in [6.07, 6.45) is 0.833. The average molecular weight is 288 g/mol. The molecule has 1 heterocycles. The summed E-state index contributed by atoms with van der Waals surface area (Å²) in [7, 11) is 0. The Morgan fingerprint density at radius 1 is 1.25 bits per heavy atom. The molecule has 0 aliphatic carbocycles. The van der Waals surface area contributed by atoms with E-state index < -0.39 is 5.60 Å². The smallest absolute Gasteiger partial charge is 0.338 e. The van der Waals surface area contributed by atoms with Crippen molar-refractivity contribution in [3.63, 3.8) is 0 Å². The summed E-state index contributed by atoms with van der Waals surface area (Å²) < 4.78 is 5.35. The van der Waals surface area contributed by atoms with Gasteiger partial charge in [0.05, 0.1) is 10.4 Å². The van der Waals surface area contributed by atoms with Crippen LogP contribution in [0, 0.1) is 0 Å². The second kappa shape index (κ2) is 5.59. The number of hydrogen-bond donors (Lipinski definition) is 0. The molecule has 20 heavy (non-hydrogen) atoms. The van der Waals surface area contributed by atoms with E-state index in [1.165, 1.54) is 11.3 Å². The summed E-state index contributed by atoms with van der Waals surface area (Å²) in [6.45, 7) is 5.49. The number of esters is 1. The van der Waals surface area contributed by atoms with Gasteiger partial charge in [-0.2, -0.15) is 0 Å². The quantitative estimate of drug-likeness (QED) is 0.628. The van der Waals surface area contributed by atoms with Crippen LogP contribution in [-0.2, 0) is 4.74 Å². The monoisotopic (exact) mass is 288 g/mol. The van der Waals surface area contributed by atoms with Crippen molar-refractivity contribution in [3.8, 4) is 11.1 Å². The molecule has 1 aromatic heterocycles. The van der Waals surface area contributed by atoms with Gasteiger partial charge in [0.25, 0.3) is 0 Å². The summed E-state index contributed by atoms with van der Waals surface area (Å²) in [6, 6.07) is 9.01. The Kier molecular flexibility index (Phi) is 4.04. The number of rotatable bonds is 3. The van der Waals surface area contributed by atoms with E-state index in [1.54, 1.807) is 18.2 Å². The molecular weight excluding hydrogens is 272 g/mol. The molecule has 0 amide bonds. The Morgan fingerprint density at radius 3 is 2.65 bits per heavy atom. The van der Waals surface area contributed by atoms with Gasteiger partial charge in [-0.05, 0) is 49.9 Å². The third kappa shape index (κ3) is 3.33. The summed E-state index contributed by atoms with van der Waals surface area (Å²) in [5.74, 6) is -0.359. The van der Waals surface area contributed by atoms with Gasteiger partial charge in [-0.15, -0.1) is 11.3 Å². The van der Waals surface area contributed by atoms with Gasteiger partial charge in [-0.25, -0.2) is 4.79 Å². The van der Waals surface area contributed by atoms with Crippen LogP contribution in [0.15, 0.2) is 35.7 Å². The second-order valence-electron chi connectivity index (χ2n) is 5.40. The molecule has 104 valence electrons. The summed E-state index contributed by atoms with van der Waals surface area (Å²) >= 11 is 1.38. The molecule has 4 heteroatoms. The molecule has 0 aliphatic heterocycles. The average Bonchev–Trinajstić information content (AvgIpc) is 2.85. The lowest BCUT2D eigenvalue weighted by molar-refractivity contribution is 0.00695. The first-order valence-electron chi connectivity index (χ1n) is 6.27. The number of carbonyl (C=O) groups is 2. The molecule has 0 saturated carbocycles. The summed E-state index contributed by atoms with van der Waals surface area (Å²) in [4.78, 5) is 23.7. The number of thiophene rings is 1. The van der Waals surface area contributed by atoms with E-state index in [-0.39, 0.29) is 5.97 Å². The molecule has 0 aliphatic rings. The van der Waals surface area contributed by atoms with E-state index in [4.69, 9.17) is 4.74 Å². The molecular formula is C16H16O3S. The van der Waals surface area contributed by atoms with Crippen molar-refractivity contribution in [1.82, 2.24) is 0 Å². The fourth-order valence-electron chi connectivity index (χ4n) is 1.80. The highest BCUT2D eigenvalue weighted by atomic mass is 32.1. The molecule has 2 aromatic rings. The van der Waals surface area contributed by atoms with Crippen LogP contribution in [0.3, 0.4) is 0 Å². The number of hydrogen-bond acceptors (Lipinski definition) is 4. The van der Waals surface area contributed by atoms with E-state index >= 15 is 0 Å². The van der Waals surface area contributed by atoms with E-state index in [1.807, 2.05) is 38.3 Å². The minimum Gasteiger partial charge on any atom is -0.456 e. The van der Waals surface area contributed by atoms with Crippen molar-refractivity contribution in [3.05, 3.63) is 46.2 Å². The summed E-state index contributed by atoms with van der Waals surface area (Å²) in [5, 5.41) is 1.86. The van der Waals surface area contributed by atoms with Gasteiger partial charge in [0.1, 0.15) is 5.60 Å². The maximum Gasteiger partial charge on any atom is 0.338 e. The zero-order chi connectivity index (χ0) is 14.8. The van der Waals surface area contributed by atoms with Gasteiger partial charge in [-0.1, -0.05) is 12.1 Å². The van der Waals surface area contributed by atoms with Gasteiger partial charge in [0.2, 0.25) is 0 Å². The van der Waals surface area contributed by atoms with Gasteiger partial charge in [0, 0.05) is 5.56 Å². The van der Waals surface area contributed by atoms with Crippen LogP contribution in [0.1, 0.15) is 40.8 Å². The lowest BCUT2D eigenvalue weighted by Crippen LogP contribution is -2.23. The number of ether oxygens (including phenoxy) is 1. The molecule has 0 saturated heterocycles. The Morgan fingerprint density at radius 2 is 2.00 bits per heavy atom. The Hall–Kier alpha value is -1.94. The van der Waals surface area contributed by atoms with Gasteiger partial charge < -0.3 is 4.74 Å². The zero-order valence-corrected chi connectivity index (χ0v) is 12.5. The predicted octanol–water partition coefficient (Wildman–Crippen LogP) is 4.18. The maximum atomic E-state index is 12.0. The minimum atomic E-state index is -0.524. The van der Waals surface area contributed by atoms with Gasteiger partial charge in [0.15, 0.2) is 6.29 Å². The number of aldehydes is 1. The molecule has 0 fully saturated rings. The van der Waals surface area contributed by atoms with E-state index in [2.05, 4.69) is 0 Å². The lowest BCUT2D eigenvalue weighted by atomic mass is 10.0. The molecule has 0 spiro atoms. The topological polar surface area (TPSA) is 43.4 Å². The third-order valence-electron chi connectivity index (χ3n) is 2.61. The Bertz CT molecular complexity index is 635. The largest absolute Gasteiger partial charge is 0.456 e. The van der Waals surface area contributed by atoms with Gasteiger partial charge in [-0.3, -0.25) is 4.79 Å². The highest BCUT2D eigenvalue weighted by Gasteiger charge is 2.18. The Balaban J connectivity index is 2.33. The molecule has 0 N–H and O–H groups in total. The van der Waals surface area contributed by atoms with Crippen LogP contribution in [-0.4, -0.2) is 17.9 Å². The van der Waals surface area contributed by atoms with Crippen LogP contribution >= 0.6 is 11.3 Å². The maximum absolute atomic E-state index is 12.0. The van der Waals surface area contributed by atoms with E-state index in [9.17, 15) is 9.59 Å². The molecule has 0 bridgehead atoms. The molecule has 2 rings (SSSR count).